The molecule has 0 atom stereocenters. The lowest BCUT2D eigenvalue weighted by Crippen LogP contribution is -2.23. The molecule has 0 heterocycles. The summed E-state index contributed by atoms with van der Waals surface area (Å²) in [6.07, 6.45) is 0.149. The number of amides is 1. The monoisotopic (exact) mass is 299 g/mol. The van der Waals surface area contributed by atoms with Crippen LogP contribution in [0.2, 0.25) is 0 Å². The molecule has 0 unspecified atom stereocenters. The Labute approximate surface area is 131 Å². The van der Waals surface area contributed by atoms with Gasteiger partial charge < -0.3 is 14.8 Å². The molecule has 0 aliphatic rings. The molecule has 0 aromatic heterocycles. The molecule has 4 heteroatoms. The van der Waals surface area contributed by atoms with Crippen molar-refractivity contribution < 1.29 is 14.3 Å². The van der Waals surface area contributed by atoms with Gasteiger partial charge in [0.05, 0.1) is 18.8 Å². The lowest BCUT2D eigenvalue weighted by molar-refractivity contribution is 0.0948. The van der Waals surface area contributed by atoms with E-state index in [0.29, 0.717) is 17.9 Å². The van der Waals surface area contributed by atoms with Gasteiger partial charge in [-0.25, -0.2) is 0 Å². The van der Waals surface area contributed by atoms with E-state index in [2.05, 4.69) is 5.32 Å². The predicted molar refractivity (Wildman–Crippen MR) is 86.4 cm³/mol. The maximum Gasteiger partial charge on any atom is 0.255 e. The van der Waals surface area contributed by atoms with Crippen molar-refractivity contribution in [1.82, 2.24) is 5.32 Å². The molecule has 22 heavy (non-hydrogen) atoms. The third-order valence-corrected chi connectivity index (χ3v) is 3.10. The van der Waals surface area contributed by atoms with E-state index in [0.717, 1.165) is 11.3 Å². The molecule has 2 aromatic rings. The molecule has 2 aromatic carbocycles. The average molecular weight is 299 g/mol. The molecule has 0 fully saturated rings. The van der Waals surface area contributed by atoms with Gasteiger partial charge >= 0.3 is 0 Å². The van der Waals surface area contributed by atoms with Crippen molar-refractivity contribution in [2.45, 2.75) is 26.5 Å². The largest absolute Gasteiger partial charge is 0.496 e. The van der Waals surface area contributed by atoms with Crippen molar-refractivity contribution in [1.29, 1.82) is 0 Å². The molecule has 0 aliphatic carbocycles. The van der Waals surface area contributed by atoms with Crippen LogP contribution in [0.4, 0.5) is 0 Å². The van der Waals surface area contributed by atoms with Crippen molar-refractivity contribution in [2.75, 3.05) is 7.11 Å². The van der Waals surface area contributed by atoms with E-state index >= 15 is 0 Å². The molecule has 2 rings (SSSR count). The molecule has 0 spiro atoms. The van der Waals surface area contributed by atoms with Gasteiger partial charge in [-0.1, -0.05) is 24.3 Å². The van der Waals surface area contributed by atoms with Crippen molar-refractivity contribution >= 4 is 5.91 Å². The minimum Gasteiger partial charge on any atom is -0.496 e. The first kappa shape index (κ1) is 15.9. The number of hydrogen-bond donors (Lipinski definition) is 1. The van der Waals surface area contributed by atoms with Gasteiger partial charge in [-0.2, -0.15) is 0 Å². The van der Waals surface area contributed by atoms with Crippen molar-refractivity contribution in [3.05, 3.63) is 59.7 Å². The van der Waals surface area contributed by atoms with Crippen molar-refractivity contribution in [3.63, 3.8) is 0 Å². The zero-order valence-corrected chi connectivity index (χ0v) is 13.1. The van der Waals surface area contributed by atoms with Gasteiger partial charge in [-0.05, 0) is 43.7 Å². The van der Waals surface area contributed by atoms with Crippen LogP contribution in [-0.2, 0) is 6.54 Å². The summed E-state index contributed by atoms with van der Waals surface area (Å²) in [6.45, 7) is 4.43. The van der Waals surface area contributed by atoms with Gasteiger partial charge in [-0.15, -0.1) is 0 Å². The van der Waals surface area contributed by atoms with E-state index in [1.807, 2.05) is 50.2 Å². The summed E-state index contributed by atoms with van der Waals surface area (Å²) in [5, 5.41) is 2.89. The lowest BCUT2D eigenvalue weighted by atomic mass is 10.1. The molecule has 116 valence electrons. The third kappa shape index (κ3) is 4.25. The molecule has 0 saturated carbocycles. The Morgan fingerprint density at radius 2 is 1.77 bits per heavy atom. The Morgan fingerprint density at radius 3 is 2.41 bits per heavy atom. The summed E-state index contributed by atoms with van der Waals surface area (Å²) < 4.78 is 10.8. The zero-order chi connectivity index (χ0) is 15.9. The van der Waals surface area contributed by atoms with Crippen LogP contribution in [0.1, 0.15) is 29.8 Å². The van der Waals surface area contributed by atoms with Gasteiger partial charge in [0.15, 0.2) is 0 Å². The zero-order valence-electron chi connectivity index (χ0n) is 13.1. The Bertz CT molecular complexity index is 620. The molecule has 0 radical (unpaired) electrons. The fourth-order valence-electron chi connectivity index (χ4n) is 2.07. The average Bonchev–Trinajstić information content (AvgIpc) is 2.53. The fraction of sp³-hybridized carbons (Fsp3) is 0.278. The number of methoxy groups -OCH3 is 1. The predicted octanol–water partition coefficient (Wildman–Crippen LogP) is 3.41. The third-order valence-electron chi connectivity index (χ3n) is 3.10. The van der Waals surface area contributed by atoms with E-state index in [9.17, 15) is 4.79 Å². The fourth-order valence-corrected chi connectivity index (χ4v) is 2.07. The summed E-state index contributed by atoms with van der Waals surface area (Å²) in [6, 6.07) is 14.9. The van der Waals surface area contributed by atoms with Crippen LogP contribution < -0.4 is 14.8 Å². The highest BCUT2D eigenvalue weighted by Crippen LogP contribution is 2.17. The Balaban J connectivity index is 1.96. The van der Waals surface area contributed by atoms with Crippen molar-refractivity contribution in [3.8, 4) is 11.5 Å². The van der Waals surface area contributed by atoms with Gasteiger partial charge in [-0.3, -0.25) is 4.79 Å². The van der Waals surface area contributed by atoms with Crippen LogP contribution in [-0.4, -0.2) is 19.1 Å². The molecule has 4 nitrogen and oxygen atoms in total. The van der Waals surface area contributed by atoms with E-state index in [4.69, 9.17) is 9.47 Å². The number of hydrogen-bond acceptors (Lipinski definition) is 3. The lowest BCUT2D eigenvalue weighted by Gasteiger charge is -2.11. The highest BCUT2D eigenvalue weighted by molar-refractivity contribution is 5.96. The normalized spacial score (nSPS) is 10.4. The van der Waals surface area contributed by atoms with Crippen LogP contribution in [0.5, 0.6) is 11.5 Å². The van der Waals surface area contributed by atoms with E-state index < -0.39 is 0 Å². The molecule has 1 N–H and O–H groups in total. The standard InChI is InChI=1S/C18H21NO3/c1-13(2)22-15-10-8-14(9-11-15)12-19-18(20)16-6-4-5-7-17(16)21-3/h4-11,13H,12H2,1-3H3,(H,19,20). The van der Waals surface area contributed by atoms with Crippen LogP contribution in [0, 0.1) is 0 Å². The summed E-state index contributed by atoms with van der Waals surface area (Å²) in [5.74, 6) is 1.25. The summed E-state index contributed by atoms with van der Waals surface area (Å²) in [5.41, 5.74) is 1.55. The van der Waals surface area contributed by atoms with Crippen LogP contribution in [0.25, 0.3) is 0 Å². The van der Waals surface area contributed by atoms with Gasteiger partial charge in [0, 0.05) is 6.54 Å². The Kier molecular flexibility index (Phi) is 5.42. The maximum atomic E-state index is 12.2. The molecular weight excluding hydrogens is 278 g/mol. The van der Waals surface area contributed by atoms with E-state index in [1.165, 1.54) is 0 Å². The van der Waals surface area contributed by atoms with Crippen LogP contribution >= 0.6 is 0 Å². The first-order valence-electron chi connectivity index (χ1n) is 7.27. The van der Waals surface area contributed by atoms with Crippen molar-refractivity contribution in [2.24, 2.45) is 0 Å². The highest BCUT2D eigenvalue weighted by atomic mass is 16.5. The second-order valence-corrected chi connectivity index (χ2v) is 5.19. The summed E-state index contributed by atoms with van der Waals surface area (Å²) >= 11 is 0. The number of ether oxygens (including phenoxy) is 2. The van der Waals surface area contributed by atoms with E-state index in [1.54, 1.807) is 19.2 Å². The summed E-state index contributed by atoms with van der Waals surface area (Å²) in [4.78, 5) is 12.2. The Morgan fingerprint density at radius 1 is 1.09 bits per heavy atom. The first-order chi connectivity index (χ1) is 10.6. The molecule has 0 aliphatic heterocycles. The minimum absolute atomic E-state index is 0.149. The number of rotatable bonds is 6. The second-order valence-electron chi connectivity index (χ2n) is 5.19. The van der Waals surface area contributed by atoms with E-state index in [-0.39, 0.29) is 12.0 Å². The minimum atomic E-state index is -0.153. The maximum absolute atomic E-state index is 12.2. The number of para-hydroxylation sites is 1. The molecular formula is C18H21NO3. The van der Waals surface area contributed by atoms with Crippen LogP contribution in [0.3, 0.4) is 0 Å². The summed E-state index contributed by atoms with van der Waals surface area (Å²) in [7, 11) is 1.56. The van der Waals surface area contributed by atoms with Gasteiger partial charge in [0.2, 0.25) is 0 Å². The highest BCUT2D eigenvalue weighted by Gasteiger charge is 2.10. The molecule has 0 saturated heterocycles. The SMILES string of the molecule is COc1ccccc1C(=O)NCc1ccc(OC(C)C)cc1. The number of nitrogens with one attached hydrogen (secondary N) is 1. The molecule has 1 amide bonds. The smallest absolute Gasteiger partial charge is 0.255 e. The van der Waals surface area contributed by atoms with Crippen LogP contribution in [0.15, 0.2) is 48.5 Å². The Hall–Kier alpha value is -2.49. The number of carbonyl (C=O) groups excluding carboxylic acids is 1. The second kappa shape index (κ2) is 7.50. The molecule has 0 bridgehead atoms. The van der Waals surface area contributed by atoms with Gasteiger partial charge in [0.25, 0.3) is 5.91 Å². The quantitative estimate of drug-likeness (QED) is 0.889. The topological polar surface area (TPSA) is 47.6 Å². The number of carbonyl (C=O) groups is 1. The first-order valence-corrected chi connectivity index (χ1v) is 7.27. The van der Waals surface area contributed by atoms with Gasteiger partial charge in [0.1, 0.15) is 11.5 Å². The number of benzene rings is 2.